The van der Waals surface area contributed by atoms with Gasteiger partial charge in [0.05, 0.1) is 0 Å². The Morgan fingerprint density at radius 3 is 2.65 bits per heavy atom. The highest BCUT2D eigenvalue weighted by molar-refractivity contribution is 5.94. The molecule has 1 aromatic rings. The zero-order chi connectivity index (χ0) is 14.2. The van der Waals surface area contributed by atoms with Crippen molar-refractivity contribution in [1.82, 2.24) is 5.32 Å². The van der Waals surface area contributed by atoms with Crippen LogP contribution in [0, 0.1) is 5.92 Å². The van der Waals surface area contributed by atoms with E-state index in [1.54, 1.807) is 0 Å². The zero-order valence-electron chi connectivity index (χ0n) is 12.3. The molecule has 0 bridgehead atoms. The third kappa shape index (κ3) is 4.34. The van der Waals surface area contributed by atoms with Crippen LogP contribution in [0.3, 0.4) is 0 Å². The van der Waals surface area contributed by atoms with Gasteiger partial charge in [-0.2, -0.15) is 0 Å². The molecule has 1 atom stereocenters. The molecular weight excluding hydrogens is 250 g/mol. The Morgan fingerprint density at radius 2 is 2.00 bits per heavy atom. The van der Waals surface area contributed by atoms with Crippen molar-refractivity contribution in [2.75, 3.05) is 13.2 Å². The molecule has 1 aromatic carbocycles. The van der Waals surface area contributed by atoms with Gasteiger partial charge in [-0.05, 0) is 37.3 Å². The van der Waals surface area contributed by atoms with Gasteiger partial charge in [-0.3, -0.25) is 4.79 Å². The van der Waals surface area contributed by atoms with Crippen LogP contribution in [0.15, 0.2) is 30.3 Å². The topological polar surface area (TPSA) is 38.3 Å². The molecule has 3 heteroatoms. The molecule has 3 nitrogen and oxygen atoms in total. The second-order valence-electron chi connectivity index (χ2n) is 5.54. The Balaban J connectivity index is 1.97. The Bertz CT molecular complexity index is 399. The van der Waals surface area contributed by atoms with E-state index in [1.807, 2.05) is 30.3 Å². The maximum atomic E-state index is 12.3. The van der Waals surface area contributed by atoms with Crippen LogP contribution >= 0.6 is 0 Å². The molecule has 1 heterocycles. The summed E-state index contributed by atoms with van der Waals surface area (Å²) in [6.45, 7) is 3.85. The summed E-state index contributed by atoms with van der Waals surface area (Å²) in [7, 11) is 0. The van der Waals surface area contributed by atoms with Gasteiger partial charge in [-0.15, -0.1) is 0 Å². The van der Waals surface area contributed by atoms with Gasteiger partial charge >= 0.3 is 0 Å². The Labute approximate surface area is 121 Å². The first-order chi connectivity index (χ1) is 9.81. The van der Waals surface area contributed by atoms with E-state index in [0.29, 0.717) is 5.92 Å². The number of nitrogens with one attached hydrogen (secondary N) is 1. The van der Waals surface area contributed by atoms with Crippen molar-refractivity contribution in [3.05, 3.63) is 35.9 Å². The number of unbranched alkanes of at least 4 members (excludes halogenated alkanes) is 1. The van der Waals surface area contributed by atoms with Gasteiger partial charge in [-0.25, -0.2) is 0 Å². The predicted octanol–water partition coefficient (Wildman–Crippen LogP) is 3.40. The summed E-state index contributed by atoms with van der Waals surface area (Å²) in [6.07, 6.45) is 5.52. The summed E-state index contributed by atoms with van der Waals surface area (Å²) in [4.78, 5) is 12.3. The van der Waals surface area contributed by atoms with Crippen molar-refractivity contribution in [2.24, 2.45) is 5.92 Å². The molecule has 1 aliphatic heterocycles. The average Bonchev–Trinajstić information content (AvgIpc) is 2.53. The highest BCUT2D eigenvalue weighted by atomic mass is 16.5. The predicted molar refractivity (Wildman–Crippen MR) is 80.8 cm³/mol. The summed E-state index contributed by atoms with van der Waals surface area (Å²) in [5.74, 6) is 0.612. The van der Waals surface area contributed by atoms with Crippen molar-refractivity contribution in [3.63, 3.8) is 0 Å². The van der Waals surface area contributed by atoms with Crippen LogP contribution in [0.1, 0.15) is 49.4 Å². The molecule has 1 saturated heterocycles. The molecule has 1 fully saturated rings. The average molecular weight is 275 g/mol. The van der Waals surface area contributed by atoms with Crippen LogP contribution in [0.4, 0.5) is 0 Å². The highest BCUT2D eigenvalue weighted by Gasteiger charge is 2.25. The lowest BCUT2D eigenvalue weighted by Gasteiger charge is -2.31. The second-order valence-corrected chi connectivity index (χ2v) is 5.54. The number of amides is 1. The first-order valence-corrected chi connectivity index (χ1v) is 7.75. The van der Waals surface area contributed by atoms with Crippen molar-refractivity contribution in [1.29, 1.82) is 0 Å². The van der Waals surface area contributed by atoms with Gasteiger partial charge < -0.3 is 10.1 Å². The molecule has 0 saturated carbocycles. The lowest BCUT2D eigenvalue weighted by molar-refractivity contribution is 0.0501. The fourth-order valence-electron chi connectivity index (χ4n) is 2.81. The van der Waals surface area contributed by atoms with E-state index in [0.717, 1.165) is 44.5 Å². The molecule has 0 spiro atoms. The highest BCUT2D eigenvalue weighted by Crippen LogP contribution is 2.22. The number of hydrogen-bond acceptors (Lipinski definition) is 2. The van der Waals surface area contributed by atoms with E-state index in [2.05, 4.69) is 12.2 Å². The Hall–Kier alpha value is -1.35. The molecule has 0 aliphatic carbocycles. The van der Waals surface area contributed by atoms with E-state index < -0.39 is 0 Å². The fourth-order valence-corrected chi connectivity index (χ4v) is 2.81. The van der Waals surface area contributed by atoms with Gasteiger partial charge in [0.25, 0.3) is 5.91 Å². The quantitative estimate of drug-likeness (QED) is 0.864. The maximum absolute atomic E-state index is 12.3. The molecule has 0 unspecified atom stereocenters. The Morgan fingerprint density at radius 1 is 1.30 bits per heavy atom. The summed E-state index contributed by atoms with van der Waals surface area (Å²) in [5, 5.41) is 3.24. The standard InChI is InChI=1S/C17H25NO2/c1-2-3-9-16(14-10-12-20-13-11-14)18-17(19)15-7-5-4-6-8-15/h4-8,14,16H,2-3,9-13H2,1H3,(H,18,19)/t16-/m0/s1. The van der Waals surface area contributed by atoms with E-state index in [1.165, 1.54) is 6.42 Å². The van der Waals surface area contributed by atoms with Gasteiger partial charge in [0.15, 0.2) is 0 Å². The summed E-state index contributed by atoms with van der Waals surface area (Å²) >= 11 is 0. The molecule has 0 aromatic heterocycles. The van der Waals surface area contributed by atoms with Crippen molar-refractivity contribution in [2.45, 2.75) is 45.1 Å². The summed E-state index contributed by atoms with van der Waals surface area (Å²) in [6, 6.07) is 9.77. The number of benzene rings is 1. The first kappa shape index (κ1) is 15.0. The Kier molecular flexibility index (Phi) is 6.06. The first-order valence-electron chi connectivity index (χ1n) is 7.75. The third-order valence-electron chi connectivity index (χ3n) is 4.06. The van der Waals surface area contributed by atoms with Crippen LogP contribution in [-0.4, -0.2) is 25.2 Å². The number of hydrogen-bond donors (Lipinski definition) is 1. The second kappa shape index (κ2) is 8.05. The SMILES string of the molecule is CCCC[C@H](NC(=O)c1ccccc1)C1CCOCC1. The number of ether oxygens (including phenoxy) is 1. The van der Waals surface area contributed by atoms with E-state index in [-0.39, 0.29) is 11.9 Å². The van der Waals surface area contributed by atoms with E-state index in [9.17, 15) is 4.79 Å². The lowest BCUT2D eigenvalue weighted by atomic mass is 9.88. The molecule has 2 rings (SSSR count). The minimum Gasteiger partial charge on any atom is -0.381 e. The van der Waals surface area contributed by atoms with Crippen molar-refractivity contribution < 1.29 is 9.53 Å². The largest absolute Gasteiger partial charge is 0.381 e. The van der Waals surface area contributed by atoms with Crippen LogP contribution in [0.5, 0.6) is 0 Å². The minimum absolute atomic E-state index is 0.0539. The minimum atomic E-state index is 0.0539. The van der Waals surface area contributed by atoms with Crippen LogP contribution in [0.2, 0.25) is 0 Å². The fraction of sp³-hybridized carbons (Fsp3) is 0.588. The normalized spacial score (nSPS) is 17.6. The van der Waals surface area contributed by atoms with Gasteiger partial charge in [0.2, 0.25) is 0 Å². The number of carbonyl (C=O) groups excluding carboxylic acids is 1. The van der Waals surface area contributed by atoms with Crippen LogP contribution in [0.25, 0.3) is 0 Å². The number of carbonyl (C=O) groups is 1. The van der Waals surface area contributed by atoms with Gasteiger partial charge in [0.1, 0.15) is 0 Å². The van der Waals surface area contributed by atoms with Crippen LogP contribution in [-0.2, 0) is 4.74 Å². The zero-order valence-corrected chi connectivity index (χ0v) is 12.3. The molecule has 1 aliphatic rings. The molecule has 0 radical (unpaired) electrons. The van der Waals surface area contributed by atoms with Gasteiger partial charge in [-0.1, -0.05) is 38.0 Å². The van der Waals surface area contributed by atoms with E-state index >= 15 is 0 Å². The number of rotatable bonds is 6. The summed E-state index contributed by atoms with van der Waals surface area (Å²) < 4.78 is 5.43. The molecule has 20 heavy (non-hydrogen) atoms. The van der Waals surface area contributed by atoms with Crippen molar-refractivity contribution >= 4 is 5.91 Å². The smallest absolute Gasteiger partial charge is 0.251 e. The maximum Gasteiger partial charge on any atom is 0.251 e. The van der Waals surface area contributed by atoms with Crippen LogP contribution < -0.4 is 5.32 Å². The molecule has 110 valence electrons. The monoisotopic (exact) mass is 275 g/mol. The van der Waals surface area contributed by atoms with Crippen molar-refractivity contribution in [3.8, 4) is 0 Å². The van der Waals surface area contributed by atoms with Gasteiger partial charge in [0, 0.05) is 24.8 Å². The molecule has 1 N–H and O–H groups in total. The third-order valence-corrected chi connectivity index (χ3v) is 4.06. The molecule has 1 amide bonds. The van der Waals surface area contributed by atoms with E-state index in [4.69, 9.17) is 4.74 Å². The molecular formula is C17H25NO2. The lowest BCUT2D eigenvalue weighted by Crippen LogP contribution is -2.42. The summed E-state index contributed by atoms with van der Waals surface area (Å²) in [5.41, 5.74) is 0.751.